The third kappa shape index (κ3) is 2.99. The molecule has 0 heterocycles. The molecule has 0 spiro atoms. The number of carbonyl (C=O) groups excluding carboxylic acids is 1. The highest BCUT2D eigenvalue weighted by Crippen LogP contribution is 2.40. The van der Waals surface area contributed by atoms with E-state index in [0.717, 1.165) is 12.1 Å². The van der Waals surface area contributed by atoms with Crippen molar-refractivity contribution in [2.45, 2.75) is 26.2 Å². The summed E-state index contributed by atoms with van der Waals surface area (Å²) in [5.41, 5.74) is 2.92. The number of benzene rings is 1. The fourth-order valence-electron chi connectivity index (χ4n) is 1.50. The summed E-state index contributed by atoms with van der Waals surface area (Å²) < 4.78 is 40.9. The molecule has 1 amide bonds. The van der Waals surface area contributed by atoms with Crippen LogP contribution in [-0.4, -0.2) is 5.91 Å². The van der Waals surface area contributed by atoms with Crippen LogP contribution in [0.4, 0.5) is 13.2 Å². The Balaban J connectivity index is 3.05. The lowest BCUT2D eigenvalue weighted by Gasteiger charge is -2.27. The first kappa shape index (κ1) is 13.5. The molecular formula is C12H14F3NO. The van der Waals surface area contributed by atoms with Crippen LogP contribution in [0.2, 0.25) is 0 Å². The van der Waals surface area contributed by atoms with Crippen LogP contribution in [0.3, 0.4) is 0 Å². The van der Waals surface area contributed by atoms with Gasteiger partial charge in [-0.2, -0.15) is 0 Å². The summed E-state index contributed by atoms with van der Waals surface area (Å²) in [4.78, 5) is 11.0. The average Bonchev–Trinajstić information content (AvgIpc) is 2.16. The first-order valence-electron chi connectivity index (χ1n) is 5.09. The van der Waals surface area contributed by atoms with Gasteiger partial charge in [0.1, 0.15) is 5.82 Å². The van der Waals surface area contributed by atoms with E-state index >= 15 is 0 Å². The van der Waals surface area contributed by atoms with Crippen LogP contribution in [-0.2, 0) is 10.7 Å². The summed E-state index contributed by atoms with van der Waals surface area (Å²) in [5, 5.41) is 0. The average molecular weight is 245 g/mol. The van der Waals surface area contributed by atoms with Gasteiger partial charge in [-0.3, -0.25) is 4.79 Å². The van der Waals surface area contributed by atoms with Crippen molar-refractivity contribution in [1.29, 1.82) is 0 Å². The van der Waals surface area contributed by atoms with Gasteiger partial charge in [0.05, 0.1) is 5.56 Å². The van der Waals surface area contributed by atoms with E-state index in [0.29, 0.717) is 0 Å². The van der Waals surface area contributed by atoms with E-state index in [4.69, 9.17) is 5.73 Å². The van der Waals surface area contributed by atoms with Crippen molar-refractivity contribution in [1.82, 2.24) is 0 Å². The minimum atomic E-state index is -3.43. The summed E-state index contributed by atoms with van der Waals surface area (Å²) in [7, 11) is 0. The second-order valence-electron chi connectivity index (χ2n) is 4.61. The molecule has 1 rings (SSSR count). The Bertz CT molecular complexity index is 430. The summed E-state index contributed by atoms with van der Waals surface area (Å²) in [5.74, 6) is -5.25. The number of primary amides is 1. The number of hydrogen-bond donors (Lipinski definition) is 1. The molecule has 94 valence electrons. The zero-order valence-corrected chi connectivity index (χ0v) is 9.64. The van der Waals surface area contributed by atoms with Crippen molar-refractivity contribution in [2.24, 2.45) is 11.1 Å². The largest absolute Gasteiger partial charge is 0.369 e. The molecule has 2 nitrogen and oxygen atoms in total. The maximum Gasteiger partial charge on any atom is 0.277 e. The Labute approximate surface area is 97.6 Å². The Hall–Kier alpha value is -1.52. The molecule has 1 aromatic rings. The van der Waals surface area contributed by atoms with Gasteiger partial charge in [-0.05, 0) is 6.07 Å². The molecule has 0 fully saturated rings. The first-order valence-corrected chi connectivity index (χ1v) is 5.09. The van der Waals surface area contributed by atoms with E-state index < -0.39 is 35.0 Å². The van der Waals surface area contributed by atoms with E-state index in [-0.39, 0.29) is 0 Å². The number of rotatable bonds is 4. The van der Waals surface area contributed by atoms with Gasteiger partial charge in [-0.1, -0.05) is 32.0 Å². The molecule has 5 heteroatoms. The zero-order chi connectivity index (χ0) is 13.3. The Morgan fingerprint density at radius 2 is 1.82 bits per heavy atom. The Morgan fingerprint density at radius 1 is 1.29 bits per heavy atom. The van der Waals surface area contributed by atoms with Crippen molar-refractivity contribution in [2.75, 3.05) is 0 Å². The van der Waals surface area contributed by atoms with Crippen molar-refractivity contribution >= 4 is 5.91 Å². The predicted octanol–water partition coefficient (Wildman–Crippen LogP) is 2.82. The molecule has 1 aromatic carbocycles. The highest BCUT2D eigenvalue weighted by molar-refractivity contribution is 5.80. The van der Waals surface area contributed by atoms with Gasteiger partial charge < -0.3 is 5.73 Å². The van der Waals surface area contributed by atoms with Gasteiger partial charge in [0.25, 0.3) is 5.92 Å². The summed E-state index contributed by atoms with van der Waals surface area (Å²) >= 11 is 0. The standard InChI is InChI=1S/C12H14F3NO/c1-11(2,10(16)17)7-12(14,15)8-5-3-4-6-9(8)13/h3-6H,7H2,1-2H3,(H2,16,17). The van der Waals surface area contributed by atoms with Gasteiger partial charge in [-0.15, -0.1) is 0 Å². The fourth-order valence-corrected chi connectivity index (χ4v) is 1.50. The van der Waals surface area contributed by atoms with Crippen LogP contribution >= 0.6 is 0 Å². The van der Waals surface area contributed by atoms with Crippen molar-refractivity contribution < 1.29 is 18.0 Å². The van der Waals surface area contributed by atoms with Crippen LogP contribution in [0.25, 0.3) is 0 Å². The highest BCUT2D eigenvalue weighted by Gasteiger charge is 2.42. The third-order valence-corrected chi connectivity index (χ3v) is 2.60. The van der Waals surface area contributed by atoms with E-state index in [2.05, 4.69) is 0 Å². The van der Waals surface area contributed by atoms with Crippen molar-refractivity contribution in [3.63, 3.8) is 0 Å². The molecule has 0 aliphatic rings. The van der Waals surface area contributed by atoms with Gasteiger partial charge >= 0.3 is 0 Å². The normalized spacial score (nSPS) is 12.5. The molecule has 0 aliphatic carbocycles. The lowest BCUT2D eigenvalue weighted by Crippen LogP contribution is -2.36. The van der Waals surface area contributed by atoms with E-state index in [1.54, 1.807) is 0 Å². The minimum Gasteiger partial charge on any atom is -0.369 e. The quantitative estimate of drug-likeness (QED) is 0.870. The summed E-state index contributed by atoms with van der Waals surface area (Å²) in [6, 6.07) is 4.62. The minimum absolute atomic E-state index is 0.714. The van der Waals surface area contributed by atoms with E-state index in [1.165, 1.54) is 26.0 Å². The van der Waals surface area contributed by atoms with Crippen LogP contribution in [0, 0.1) is 11.2 Å². The molecule has 0 aliphatic heterocycles. The smallest absolute Gasteiger partial charge is 0.277 e. The Morgan fingerprint density at radius 3 is 2.29 bits per heavy atom. The molecular weight excluding hydrogens is 231 g/mol. The number of hydrogen-bond acceptors (Lipinski definition) is 1. The van der Waals surface area contributed by atoms with Crippen LogP contribution < -0.4 is 5.73 Å². The molecule has 0 saturated heterocycles. The van der Waals surface area contributed by atoms with Gasteiger partial charge in [0.2, 0.25) is 5.91 Å². The van der Waals surface area contributed by atoms with Crippen LogP contribution in [0.15, 0.2) is 24.3 Å². The lowest BCUT2D eigenvalue weighted by molar-refractivity contribution is -0.132. The lowest BCUT2D eigenvalue weighted by atomic mass is 9.83. The molecule has 17 heavy (non-hydrogen) atoms. The molecule has 0 bridgehead atoms. The monoisotopic (exact) mass is 245 g/mol. The number of halogens is 3. The number of nitrogens with two attached hydrogens (primary N) is 1. The second-order valence-corrected chi connectivity index (χ2v) is 4.61. The number of alkyl halides is 2. The van der Waals surface area contributed by atoms with Gasteiger partial charge in [-0.25, -0.2) is 13.2 Å². The topological polar surface area (TPSA) is 43.1 Å². The first-order chi connectivity index (χ1) is 7.67. The summed E-state index contributed by atoms with van der Waals surface area (Å²) in [6.07, 6.45) is -0.823. The van der Waals surface area contributed by atoms with Gasteiger partial charge in [0.15, 0.2) is 0 Å². The number of amides is 1. The van der Waals surface area contributed by atoms with E-state index in [1.807, 2.05) is 0 Å². The number of carbonyl (C=O) groups is 1. The zero-order valence-electron chi connectivity index (χ0n) is 9.64. The maximum atomic E-state index is 13.8. The predicted molar refractivity (Wildman–Crippen MR) is 57.9 cm³/mol. The molecule has 2 N–H and O–H groups in total. The highest BCUT2D eigenvalue weighted by atomic mass is 19.3. The molecule has 0 aromatic heterocycles. The molecule has 0 unspecified atom stereocenters. The molecule has 0 saturated carbocycles. The van der Waals surface area contributed by atoms with E-state index in [9.17, 15) is 18.0 Å². The van der Waals surface area contributed by atoms with Gasteiger partial charge in [0, 0.05) is 11.8 Å². The van der Waals surface area contributed by atoms with Crippen LogP contribution in [0.1, 0.15) is 25.8 Å². The third-order valence-electron chi connectivity index (χ3n) is 2.60. The van der Waals surface area contributed by atoms with Crippen molar-refractivity contribution in [3.8, 4) is 0 Å². The molecule has 0 radical (unpaired) electrons. The summed E-state index contributed by atoms with van der Waals surface area (Å²) in [6.45, 7) is 2.62. The van der Waals surface area contributed by atoms with Crippen molar-refractivity contribution in [3.05, 3.63) is 35.6 Å². The molecule has 0 atom stereocenters. The maximum absolute atomic E-state index is 13.8. The fraction of sp³-hybridized carbons (Fsp3) is 0.417. The van der Waals surface area contributed by atoms with Crippen LogP contribution in [0.5, 0.6) is 0 Å². The Kier molecular flexibility index (Phi) is 3.50. The SMILES string of the molecule is CC(C)(CC(F)(F)c1ccccc1F)C(N)=O. The second kappa shape index (κ2) is 4.39.